The number of aliphatic hydroxyl groups is 1. The first kappa shape index (κ1) is 21.5. The molecule has 0 spiro atoms. The molecule has 172 valence electrons. The number of halogens is 4. The molecule has 32 heavy (non-hydrogen) atoms. The van der Waals surface area contributed by atoms with Gasteiger partial charge in [0, 0.05) is 32.3 Å². The van der Waals surface area contributed by atoms with Gasteiger partial charge in [-0.1, -0.05) is 11.6 Å². The number of carbonyl (C=O) groups is 2. The fourth-order valence-corrected chi connectivity index (χ4v) is 5.01. The summed E-state index contributed by atoms with van der Waals surface area (Å²) < 4.78 is 42.2. The second kappa shape index (κ2) is 7.62. The number of piperidine rings is 1. The summed E-state index contributed by atoms with van der Waals surface area (Å²) in [7, 11) is 0. The van der Waals surface area contributed by atoms with Gasteiger partial charge in [-0.05, 0) is 43.2 Å². The molecule has 7 nitrogen and oxygen atoms in total. The van der Waals surface area contributed by atoms with Crippen LogP contribution < -0.4 is 0 Å². The average Bonchev–Trinajstić information content (AvgIpc) is 3.43. The van der Waals surface area contributed by atoms with Crippen LogP contribution in [0.4, 0.5) is 13.2 Å². The highest BCUT2D eigenvalue weighted by molar-refractivity contribution is 6.33. The summed E-state index contributed by atoms with van der Waals surface area (Å²) in [6.07, 6.45) is -0.868. The first-order valence-electron chi connectivity index (χ1n) is 10.7. The van der Waals surface area contributed by atoms with Gasteiger partial charge in [-0.3, -0.25) is 14.0 Å². The Morgan fingerprint density at radius 1 is 1.22 bits per heavy atom. The molecule has 1 aliphatic carbocycles. The Hall–Kier alpha value is -2.33. The molecule has 2 amide bonds. The topological polar surface area (TPSA) is 78.2 Å². The maximum atomic E-state index is 13.7. The largest absolute Gasteiger partial charge is 0.419 e. The van der Waals surface area contributed by atoms with E-state index in [1.807, 2.05) is 0 Å². The van der Waals surface area contributed by atoms with Crippen molar-refractivity contribution in [2.75, 3.05) is 19.6 Å². The van der Waals surface area contributed by atoms with E-state index in [4.69, 9.17) is 11.6 Å². The van der Waals surface area contributed by atoms with Crippen LogP contribution in [0.2, 0.25) is 5.15 Å². The predicted molar refractivity (Wildman–Crippen MR) is 108 cm³/mol. The smallest absolute Gasteiger partial charge is 0.389 e. The number of rotatable bonds is 3. The van der Waals surface area contributed by atoms with E-state index in [-0.39, 0.29) is 41.8 Å². The predicted octanol–water partition coefficient (Wildman–Crippen LogP) is 3.08. The molecule has 2 atom stereocenters. The molecule has 1 N–H and O–H groups in total. The van der Waals surface area contributed by atoms with Crippen molar-refractivity contribution in [2.24, 2.45) is 0 Å². The lowest BCUT2D eigenvalue weighted by atomic mass is 10.00. The van der Waals surface area contributed by atoms with Gasteiger partial charge in [0.2, 0.25) is 5.91 Å². The van der Waals surface area contributed by atoms with Crippen LogP contribution in [0.5, 0.6) is 0 Å². The number of alkyl halides is 3. The number of aliphatic hydroxyl groups excluding tert-OH is 1. The highest BCUT2D eigenvalue weighted by Crippen LogP contribution is 2.43. The summed E-state index contributed by atoms with van der Waals surface area (Å²) in [4.78, 5) is 32.1. The monoisotopic (exact) mass is 470 g/mol. The second-order valence-electron chi connectivity index (χ2n) is 8.77. The number of imidazole rings is 1. The number of hydrogen-bond donors (Lipinski definition) is 1. The quantitative estimate of drug-likeness (QED) is 0.748. The molecular formula is C21H22ClF3N4O3. The first-order chi connectivity index (χ1) is 15.1. The standard InChI is InChI=1S/C21H22ClF3N4O3/c22-18-17(20(32)27-7-5-14(15(30)10-27)28-6-1-2-16(28)31)26-19-13(21(23,24)25)8-12(9-29(18)19)11-3-4-11/h8-9,11,14-15,30H,1-7,10H2/t14?,15-/m0/s1. The molecule has 3 aliphatic rings. The molecule has 0 aromatic carbocycles. The van der Waals surface area contributed by atoms with Crippen LogP contribution >= 0.6 is 11.6 Å². The number of fused-ring (bicyclic) bond motifs is 1. The van der Waals surface area contributed by atoms with Gasteiger partial charge >= 0.3 is 6.18 Å². The number of β-amino-alcohol motifs (C(OH)–C–C–N with tert-alkyl or cyclic N) is 1. The molecule has 2 aromatic heterocycles. The van der Waals surface area contributed by atoms with Crippen molar-refractivity contribution >= 4 is 29.1 Å². The zero-order valence-electron chi connectivity index (χ0n) is 17.1. The fraction of sp³-hybridized carbons (Fsp3) is 0.571. The van der Waals surface area contributed by atoms with Crippen molar-refractivity contribution in [1.82, 2.24) is 19.2 Å². The molecule has 4 heterocycles. The minimum absolute atomic E-state index is 0.0108. The molecule has 1 unspecified atom stereocenters. The van der Waals surface area contributed by atoms with Gasteiger partial charge in [-0.15, -0.1) is 0 Å². The maximum absolute atomic E-state index is 13.7. The molecule has 3 fully saturated rings. The van der Waals surface area contributed by atoms with Crippen molar-refractivity contribution < 1.29 is 27.9 Å². The molecular weight excluding hydrogens is 449 g/mol. The number of hydrogen-bond acceptors (Lipinski definition) is 4. The van der Waals surface area contributed by atoms with Crippen LogP contribution in [0.15, 0.2) is 12.3 Å². The van der Waals surface area contributed by atoms with Crippen LogP contribution in [0.25, 0.3) is 5.65 Å². The van der Waals surface area contributed by atoms with E-state index >= 15 is 0 Å². The Morgan fingerprint density at radius 2 is 1.97 bits per heavy atom. The third-order valence-electron chi connectivity index (χ3n) is 6.58. The highest BCUT2D eigenvalue weighted by atomic mass is 35.5. The van der Waals surface area contributed by atoms with Gasteiger partial charge < -0.3 is 14.9 Å². The Bertz CT molecular complexity index is 1100. The molecule has 2 aliphatic heterocycles. The Kier molecular flexibility index (Phi) is 5.12. The van der Waals surface area contributed by atoms with Crippen LogP contribution in [0.3, 0.4) is 0 Å². The molecule has 2 saturated heterocycles. The van der Waals surface area contributed by atoms with Crippen LogP contribution in [0.1, 0.15) is 59.6 Å². The minimum Gasteiger partial charge on any atom is -0.389 e. The van der Waals surface area contributed by atoms with Crippen LogP contribution in [0, 0.1) is 0 Å². The lowest BCUT2D eigenvalue weighted by molar-refractivity contribution is -0.136. The molecule has 11 heteroatoms. The van der Waals surface area contributed by atoms with Gasteiger partial charge in [0.25, 0.3) is 5.91 Å². The van der Waals surface area contributed by atoms with Crippen molar-refractivity contribution in [3.05, 3.63) is 34.2 Å². The minimum atomic E-state index is -4.64. The van der Waals surface area contributed by atoms with E-state index in [1.165, 1.54) is 11.1 Å². The Morgan fingerprint density at radius 3 is 2.56 bits per heavy atom. The number of pyridine rings is 1. The molecule has 5 rings (SSSR count). The Labute approximate surface area is 186 Å². The zero-order valence-corrected chi connectivity index (χ0v) is 17.9. The normalized spacial score (nSPS) is 24.6. The molecule has 1 saturated carbocycles. The zero-order chi connectivity index (χ0) is 22.8. The fourth-order valence-electron chi connectivity index (χ4n) is 4.76. The van der Waals surface area contributed by atoms with Gasteiger partial charge in [0.1, 0.15) is 5.15 Å². The molecule has 0 bridgehead atoms. The van der Waals surface area contributed by atoms with Crippen molar-refractivity contribution in [3.63, 3.8) is 0 Å². The second-order valence-corrected chi connectivity index (χ2v) is 9.13. The number of carbonyl (C=O) groups excluding carboxylic acids is 2. The number of aromatic nitrogens is 2. The number of likely N-dealkylation sites (tertiary alicyclic amines) is 2. The summed E-state index contributed by atoms with van der Waals surface area (Å²) in [6, 6.07) is 0.718. The summed E-state index contributed by atoms with van der Waals surface area (Å²) >= 11 is 6.35. The van der Waals surface area contributed by atoms with Gasteiger partial charge in [0.05, 0.1) is 17.7 Å². The van der Waals surface area contributed by atoms with E-state index in [9.17, 15) is 27.9 Å². The van der Waals surface area contributed by atoms with E-state index < -0.39 is 29.4 Å². The lowest BCUT2D eigenvalue weighted by Gasteiger charge is -2.40. The van der Waals surface area contributed by atoms with Crippen molar-refractivity contribution in [1.29, 1.82) is 0 Å². The van der Waals surface area contributed by atoms with E-state index in [0.29, 0.717) is 24.9 Å². The van der Waals surface area contributed by atoms with Crippen LogP contribution in [-0.2, 0) is 11.0 Å². The van der Waals surface area contributed by atoms with E-state index in [2.05, 4.69) is 4.98 Å². The van der Waals surface area contributed by atoms with E-state index in [1.54, 1.807) is 4.90 Å². The summed E-state index contributed by atoms with van der Waals surface area (Å²) in [5, 5.41) is 10.4. The van der Waals surface area contributed by atoms with E-state index in [0.717, 1.165) is 29.7 Å². The highest BCUT2D eigenvalue weighted by Gasteiger charge is 2.40. The third kappa shape index (κ3) is 3.63. The summed E-state index contributed by atoms with van der Waals surface area (Å²) in [6.45, 7) is 0.779. The third-order valence-corrected chi connectivity index (χ3v) is 6.94. The van der Waals surface area contributed by atoms with Crippen molar-refractivity contribution in [3.8, 4) is 0 Å². The Balaban J connectivity index is 1.44. The van der Waals surface area contributed by atoms with Crippen LogP contribution in [-0.4, -0.2) is 67.9 Å². The summed E-state index contributed by atoms with van der Waals surface area (Å²) in [5.41, 5.74) is -1.08. The number of amides is 2. The maximum Gasteiger partial charge on any atom is 0.419 e. The lowest BCUT2D eigenvalue weighted by Crippen LogP contribution is -2.55. The average molecular weight is 471 g/mol. The van der Waals surface area contributed by atoms with Crippen molar-refractivity contribution in [2.45, 2.75) is 56.3 Å². The summed E-state index contributed by atoms with van der Waals surface area (Å²) in [5.74, 6) is -0.589. The molecule has 2 aromatic rings. The van der Waals surface area contributed by atoms with Gasteiger partial charge in [-0.2, -0.15) is 13.2 Å². The first-order valence-corrected chi connectivity index (χ1v) is 11.1. The van der Waals surface area contributed by atoms with Gasteiger partial charge in [-0.25, -0.2) is 4.98 Å². The van der Waals surface area contributed by atoms with Gasteiger partial charge in [0.15, 0.2) is 11.3 Å². The number of nitrogens with zero attached hydrogens (tertiary/aromatic N) is 4. The SMILES string of the molecule is O=C(c1nc2c(C(F)(F)F)cc(C3CC3)cn2c1Cl)N1CCC(N2CCCC2=O)[C@@H](O)C1. The molecule has 0 radical (unpaired) electrons.